The van der Waals surface area contributed by atoms with Crippen molar-refractivity contribution in [3.8, 4) is 0 Å². The summed E-state index contributed by atoms with van der Waals surface area (Å²) in [7, 11) is 0. The van der Waals surface area contributed by atoms with Crippen molar-refractivity contribution in [1.29, 1.82) is 0 Å². The van der Waals surface area contributed by atoms with Crippen LogP contribution in [0.2, 0.25) is 10.0 Å². The van der Waals surface area contributed by atoms with Crippen LogP contribution in [-0.4, -0.2) is 33.4 Å². The molecular weight excluding hydrogens is 389 g/mol. The van der Waals surface area contributed by atoms with Crippen LogP contribution in [0.25, 0.3) is 0 Å². The Morgan fingerprint density at radius 3 is 2.79 bits per heavy atom. The Morgan fingerprint density at radius 1 is 1.33 bits per heavy atom. The molecule has 2 N–H and O–H groups in total. The molecule has 24 heavy (non-hydrogen) atoms. The summed E-state index contributed by atoms with van der Waals surface area (Å²) in [6.45, 7) is 6.81. The van der Waals surface area contributed by atoms with E-state index < -0.39 is 0 Å². The van der Waals surface area contributed by atoms with Gasteiger partial charge in [0.05, 0.1) is 21.5 Å². The minimum absolute atomic E-state index is 0.193. The molecule has 0 radical (unpaired) electrons. The average molecular weight is 406 g/mol. The molecule has 2 heterocycles. The Morgan fingerprint density at radius 2 is 2.08 bits per heavy atom. The molecule has 1 amide bonds. The molecule has 0 fully saturated rings. The van der Waals surface area contributed by atoms with Gasteiger partial charge in [-0.25, -0.2) is 4.98 Å². The summed E-state index contributed by atoms with van der Waals surface area (Å²) < 4.78 is 0.725. The molecule has 0 aliphatic rings. The zero-order valence-corrected chi connectivity index (χ0v) is 16.5. The van der Waals surface area contributed by atoms with E-state index in [1.54, 1.807) is 13.0 Å². The number of nitrogens with one attached hydrogen (secondary N) is 2. The van der Waals surface area contributed by atoms with Gasteiger partial charge in [-0.1, -0.05) is 60.1 Å². The number of halogens is 2. The fourth-order valence-electron chi connectivity index (χ4n) is 1.57. The first-order valence-electron chi connectivity index (χ1n) is 7.17. The first-order chi connectivity index (χ1) is 11.3. The minimum atomic E-state index is -0.219. The van der Waals surface area contributed by atoms with Crippen LogP contribution in [0.1, 0.15) is 19.5 Å². The maximum atomic E-state index is 12.0. The third-order valence-electron chi connectivity index (χ3n) is 2.76. The maximum Gasteiger partial charge on any atom is 0.236 e. The zero-order valence-electron chi connectivity index (χ0n) is 13.4. The maximum absolute atomic E-state index is 12.0. The number of pyridine rings is 1. The van der Waals surface area contributed by atoms with E-state index in [4.69, 9.17) is 23.2 Å². The standard InChI is InChI=1S/C14H17Cl2N5OS2/c1-7(2)5-17-13-20-21-14(24-13)23-6-11(22)19-12-10(16)4-9(15)8(3)18-12/h4,7H,5-6H2,1-3H3,(H,17,20)(H,18,19,22). The van der Waals surface area contributed by atoms with E-state index in [9.17, 15) is 4.79 Å². The molecule has 0 atom stereocenters. The zero-order chi connectivity index (χ0) is 17.7. The highest BCUT2D eigenvalue weighted by molar-refractivity contribution is 8.01. The summed E-state index contributed by atoms with van der Waals surface area (Å²) in [5.74, 6) is 0.804. The molecule has 6 nitrogen and oxygen atoms in total. The lowest BCUT2D eigenvalue weighted by Gasteiger charge is -2.07. The molecule has 2 aromatic rings. The van der Waals surface area contributed by atoms with Crippen LogP contribution in [0, 0.1) is 12.8 Å². The van der Waals surface area contributed by atoms with Gasteiger partial charge >= 0.3 is 0 Å². The van der Waals surface area contributed by atoms with Crippen LogP contribution in [-0.2, 0) is 4.79 Å². The number of rotatable bonds is 7. The van der Waals surface area contributed by atoms with Gasteiger partial charge < -0.3 is 10.6 Å². The smallest absolute Gasteiger partial charge is 0.236 e. The summed E-state index contributed by atoms with van der Waals surface area (Å²) in [5.41, 5.74) is 0.606. The number of thioether (sulfide) groups is 1. The highest BCUT2D eigenvalue weighted by Crippen LogP contribution is 2.27. The summed E-state index contributed by atoms with van der Waals surface area (Å²) >= 11 is 14.7. The van der Waals surface area contributed by atoms with Crippen LogP contribution >= 0.6 is 46.3 Å². The van der Waals surface area contributed by atoms with E-state index in [0.717, 1.165) is 16.0 Å². The molecule has 0 unspecified atom stereocenters. The van der Waals surface area contributed by atoms with Gasteiger partial charge in [0.15, 0.2) is 10.2 Å². The molecule has 0 saturated heterocycles. The van der Waals surface area contributed by atoms with E-state index in [1.807, 2.05) is 0 Å². The number of anilines is 2. The molecular formula is C14H17Cl2N5OS2. The topological polar surface area (TPSA) is 79.8 Å². The number of carbonyl (C=O) groups excluding carboxylic acids is 1. The van der Waals surface area contributed by atoms with Crippen molar-refractivity contribution >= 4 is 63.2 Å². The summed E-state index contributed by atoms with van der Waals surface area (Å²) in [4.78, 5) is 16.2. The Bertz CT molecular complexity index is 723. The van der Waals surface area contributed by atoms with Crippen molar-refractivity contribution in [2.75, 3.05) is 22.9 Å². The van der Waals surface area contributed by atoms with E-state index in [1.165, 1.54) is 23.1 Å². The molecule has 0 aliphatic heterocycles. The van der Waals surface area contributed by atoms with Crippen LogP contribution in [0.4, 0.5) is 10.9 Å². The summed E-state index contributed by atoms with van der Waals surface area (Å²) in [6, 6.07) is 1.56. The summed E-state index contributed by atoms with van der Waals surface area (Å²) in [6.07, 6.45) is 0. The largest absolute Gasteiger partial charge is 0.360 e. The van der Waals surface area contributed by atoms with Crippen molar-refractivity contribution in [1.82, 2.24) is 15.2 Å². The average Bonchev–Trinajstić information content (AvgIpc) is 2.96. The van der Waals surface area contributed by atoms with Gasteiger partial charge in [0.25, 0.3) is 0 Å². The number of aromatic nitrogens is 3. The van der Waals surface area contributed by atoms with E-state index in [0.29, 0.717) is 27.5 Å². The molecule has 10 heteroatoms. The van der Waals surface area contributed by atoms with Gasteiger partial charge in [-0.2, -0.15) is 0 Å². The van der Waals surface area contributed by atoms with Crippen LogP contribution < -0.4 is 10.6 Å². The Kier molecular flexibility index (Phi) is 7.09. The third-order valence-corrected chi connectivity index (χ3v) is 5.44. The monoisotopic (exact) mass is 405 g/mol. The van der Waals surface area contributed by atoms with Crippen molar-refractivity contribution < 1.29 is 4.79 Å². The quantitative estimate of drug-likeness (QED) is 0.666. The highest BCUT2D eigenvalue weighted by Gasteiger charge is 2.12. The SMILES string of the molecule is Cc1nc(NC(=O)CSc2nnc(NCC(C)C)s2)c(Cl)cc1Cl. The number of aryl methyl sites for hydroxylation is 1. The Hall–Kier alpha value is -1.09. The van der Waals surface area contributed by atoms with Crippen LogP contribution in [0.3, 0.4) is 0 Å². The van der Waals surface area contributed by atoms with Crippen LogP contribution in [0.5, 0.6) is 0 Å². The second-order valence-corrected chi connectivity index (χ2v) is 8.39. The highest BCUT2D eigenvalue weighted by atomic mass is 35.5. The lowest BCUT2D eigenvalue weighted by atomic mass is 10.2. The van der Waals surface area contributed by atoms with Crippen molar-refractivity contribution in [3.63, 3.8) is 0 Å². The molecule has 0 spiro atoms. The second kappa shape index (κ2) is 8.84. The Balaban J connectivity index is 1.86. The molecule has 2 aromatic heterocycles. The number of nitrogens with zero attached hydrogens (tertiary/aromatic N) is 3. The van der Waals surface area contributed by atoms with E-state index in [-0.39, 0.29) is 11.7 Å². The minimum Gasteiger partial charge on any atom is -0.360 e. The summed E-state index contributed by atoms with van der Waals surface area (Å²) in [5, 5.41) is 15.5. The third kappa shape index (κ3) is 5.77. The van der Waals surface area contributed by atoms with E-state index >= 15 is 0 Å². The molecule has 2 rings (SSSR count). The number of hydrogen-bond donors (Lipinski definition) is 2. The molecule has 0 bridgehead atoms. The van der Waals surface area contributed by atoms with Gasteiger partial charge in [-0.3, -0.25) is 4.79 Å². The fraction of sp³-hybridized carbons (Fsp3) is 0.429. The normalized spacial score (nSPS) is 10.9. The second-order valence-electron chi connectivity index (χ2n) is 5.37. The van der Waals surface area contributed by atoms with Crippen molar-refractivity contribution in [2.24, 2.45) is 5.92 Å². The number of carbonyl (C=O) groups is 1. The molecule has 0 aliphatic carbocycles. The number of hydrogen-bond acceptors (Lipinski definition) is 7. The van der Waals surface area contributed by atoms with Gasteiger partial charge in [0, 0.05) is 6.54 Å². The van der Waals surface area contributed by atoms with Crippen LogP contribution in [0.15, 0.2) is 10.4 Å². The van der Waals surface area contributed by atoms with Gasteiger partial charge in [-0.15, -0.1) is 10.2 Å². The first-order valence-corrected chi connectivity index (χ1v) is 9.73. The van der Waals surface area contributed by atoms with Gasteiger partial charge in [0.2, 0.25) is 11.0 Å². The Labute approximate surface area is 158 Å². The van der Waals surface area contributed by atoms with Gasteiger partial charge in [0.1, 0.15) is 0 Å². The molecule has 130 valence electrons. The molecule has 0 aromatic carbocycles. The fourth-order valence-corrected chi connectivity index (χ4v) is 3.54. The van der Waals surface area contributed by atoms with E-state index in [2.05, 4.69) is 39.7 Å². The van der Waals surface area contributed by atoms with Crippen molar-refractivity contribution in [3.05, 3.63) is 21.8 Å². The lowest BCUT2D eigenvalue weighted by molar-refractivity contribution is -0.113. The lowest BCUT2D eigenvalue weighted by Crippen LogP contribution is -2.15. The first kappa shape index (κ1) is 19.2. The molecule has 0 saturated carbocycles. The predicted octanol–water partition coefficient (Wildman–Crippen LogP) is 4.35. The predicted molar refractivity (Wildman–Crippen MR) is 102 cm³/mol. The number of amides is 1. The van der Waals surface area contributed by atoms with Gasteiger partial charge in [-0.05, 0) is 18.9 Å². The van der Waals surface area contributed by atoms with Crippen molar-refractivity contribution in [2.45, 2.75) is 25.1 Å².